The van der Waals surface area contributed by atoms with Gasteiger partial charge in [0.2, 0.25) is 11.2 Å². The molecule has 4 rings (SSSR count). The van der Waals surface area contributed by atoms with E-state index >= 15 is 0 Å². The molecule has 33 heavy (non-hydrogen) atoms. The van der Waals surface area contributed by atoms with E-state index in [1.807, 2.05) is 0 Å². The number of nitro groups is 1. The van der Waals surface area contributed by atoms with Gasteiger partial charge >= 0.3 is 5.97 Å². The molecular formula is C24H14ClNO7. The first-order chi connectivity index (χ1) is 15.9. The summed E-state index contributed by atoms with van der Waals surface area (Å²) in [6.45, 7) is 0. The van der Waals surface area contributed by atoms with E-state index in [1.165, 1.54) is 42.5 Å². The van der Waals surface area contributed by atoms with E-state index in [9.17, 15) is 19.7 Å². The average molecular weight is 464 g/mol. The van der Waals surface area contributed by atoms with Crippen LogP contribution in [-0.2, 0) is 4.79 Å². The van der Waals surface area contributed by atoms with Gasteiger partial charge in [-0.25, -0.2) is 4.79 Å². The summed E-state index contributed by atoms with van der Waals surface area (Å²) in [5.41, 5.74) is 0.156. The Morgan fingerprint density at radius 1 is 1.03 bits per heavy atom. The van der Waals surface area contributed by atoms with Crippen molar-refractivity contribution in [3.63, 3.8) is 0 Å². The number of hydrogen-bond acceptors (Lipinski definition) is 7. The molecule has 164 valence electrons. The Balaban J connectivity index is 1.51. The number of hydrogen-bond donors (Lipinski definition) is 0. The highest BCUT2D eigenvalue weighted by Crippen LogP contribution is 2.29. The largest absolute Gasteiger partial charge is 0.460 e. The predicted molar refractivity (Wildman–Crippen MR) is 122 cm³/mol. The van der Waals surface area contributed by atoms with Crippen LogP contribution in [0.5, 0.6) is 17.2 Å². The number of carbonyl (C=O) groups is 1. The van der Waals surface area contributed by atoms with Crippen LogP contribution in [-0.4, -0.2) is 10.9 Å². The average Bonchev–Trinajstić information content (AvgIpc) is 2.81. The van der Waals surface area contributed by atoms with Crippen LogP contribution in [0.1, 0.15) is 5.56 Å². The number of fused-ring (bicyclic) bond motifs is 1. The number of benzene rings is 3. The summed E-state index contributed by atoms with van der Waals surface area (Å²) in [4.78, 5) is 35.2. The number of nitro benzene ring substituents is 1. The van der Waals surface area contributed by atoms with Gasteiger partial charge in [0.1, 0.15) is 23.3 Å². The number of nitrogens with zero attached hydrogens (tertiary/aromatic N) is 1. The van der Waals surface area contributed by atoms with Crippen LogP contribution < -0.4 is 14.9 Å². The summed E-state index contributed by atoms with van der Waals surface area (Å²) in [5, 5.41) is 11.4. The molecule has 1 aromatic heterocycles. The minimum Gasteiger partial charge on any atom is -0.460 e. The zero-order chi connectivity index (χ0) is 23.4. The number of halogens is 1. The van der Waals surface area contributed by atoms with Gasteiger partial charge in [-0.05, 0) is 35.9 Å². The number of para-hydroxylation sites is 1. The van der Waals surface area contributed by atoms with Crippen LogP contribution in [0.4, 0.5) is 5.69 Å². The summed E-state index contributed by atoms with van der Waals surface area (Å²) in [6, 6.07) is 16.8. The van der Waals surface area contributed by atoms with Gasteiger partial charge in [0, 0.05) is 24.3 Å². The normalized spacial score (nSPS) is 10.9. The fourth-order valence-corrected chi connectivity index (χ4v) is 3.10. The molecule has 0 fully saturated rings. The van der Waals surface area contributed by atoms with Crippen molar-refractivity contribution >= 4 is 40.3 Å². The molecule has 9 heteroatoms. The van der Waals surface area contributed by atoms with Crippen molar-refractivity contribution in [3.8, 4) is 17.2 Å². The Labute approximate surface area is 191 Å². The smallest absolute Gasteiger partial charge is 0.336 e. The predicted octanol–water partition coefficient (Wildman–Crippen LogP) is 5.77. The van der Waals surface area contributed by atoms with Gasteiger partial charge in [-0.3, -0.25) is 14.9 Å². The molecule has 0 N–H and O–H groups in total. The third-order valence-corrected chi connectivity index (χ3v) is 4.79. The Kier molecular flexibility index (Phi) is 6.19. The maximum absolute atomic E-state index is 12.7. The second-order valence-corrected chi connectivity index (χ2v) is 7.13. The standard InChI is InChI=1S/C24H14ClNO7/c25-19-6-1-2-7-20(19)33-22-14-31-21-13-17(9-10-18(21)24(22)28)32-23(27)11-8-15-4-3-5-16(12-15)26(29)30/h1-14H/b11-8+. The lowest BCUT2D eigenvalue weighted by Crippen LogP contribution is -2.06. The fraction of sp³-hybridized carbons (Fsp3) is 0. The molecule has 0 unspecified atom stereocenters. The van der Waals surface area contributed by atoms with Gasteiger partial charge in [0.15, 0.2) is 0 Å². The topological polar surface area (TPSA) is 109 Å². The number of non-ortho nitro benzene ring substituents is 1. The maximum atomic E-state index is 12.7. The van der Waals surface area contributed by atoms with Crippen molar-refractivity contribution in [1.82, 2.24) is 0 Å². The molecule has 0 saturated carbocycles. The molecule has 3 aromatic carbocycles. The molecular weight excluding hydrogens is 450 g/mol. The monoisotopic (exact) mass is 463 g/mol. The molecule has 0 aliphatic heterocycles. The lowest BCUT2D eigenvalue weighted by molar-refractivity contribution is -0.384. The first kappa shape index (κ1) is 21.8. The van der Waals surface area contributed by atoms with Gasteiger partial charge in [-0.2, -0.15) is 0 Å². The lowest BCUT2D eigenvalue weighted by atomic mass is 10.2. The molecule has 0 aliphatic carbocycles. The SMILES string of the molecule is O=C(/C=C/c1cccc([N+](=O)[O-])c1)Oc1ccc2c(=O)c(Oc3ccccc3Cl)coc2c1. The maximum Gasteiger partial charge on any atom is 0.336 e. The van der Waals surface area contributed by atoms with E-state index in [0.717, 1.165) is 12.3 Å². The van der Waals surface area contributed by atoms with E-state index in [0.29, 0.717) is 16.3 Å². The van der Waals surface area contributed by atoms with Crippen molar-refractivity contribution in [2.24, 2.45) is 0 Å². The van der Waals surface area contributed by atoms with Crippen molar-refractivity contribution < 1.29 is 23.6 Å². The van der Waals surface area contributed by atoms with Crippen molar-refractivity contribution in [2.45, 2.75) is 0 Å². The van der Waals surface area contributed by atoms with E-state index in [-0.39, 0.29) is 28.2 Å². The van der Waals surface area contributed by atoms with Gasteiger partial charge in [-0.15, -0.1) is 0 Å². The Hall–Kier alpha value is -4.43. The van der Waals surface area contributed by atoms with Crippen molar-refractivity contribution in [3.05, 3.63) is 110 Å². The summed E-state index contributed by atoms with van der Waals surface area (Å²) < 4.78 is 16.3. The van der Waals surface area contributed by atoms with Crippen LogP contribution >= 0.6 is 11.6 Å². The molecule has 0 aliphatic rings. The highest BCUT2D eigenvalue weighted by atomic mass is 35.5. The highest BCUT2D eigenvalue weighted by Gasteiger charge is 2.12. The van der Waals surface area contributed by atoms with Crippen LogP contribution in [0.3, 0.4) is 0 Å². The minimum atomic E-state index is -0.707. The van der Waals surface area contributed by atoms with E-state index in [4.69, 9.17) is 25.5 Å². The molecule has 0 saturated heterocycles. The minimum absolute atomic E-state index is 0.0415. The molecule has 0 bridgehead atoms. The molecule has 4 aromatic rings. The van der Waals surface area contributed by atoms with Crippen LogP contribution in [0.25, 0.3) is 17.0 Å². The second-order valence-electron chi connectivity index (χ2n) is 6.73. The van der Waals surface area contributed by atoms with Crippen LogP contribution in [0.2, 0.25) is 5.02 Å². The number of rotatable bonds is 6. The Morgan fingerprint density at radius 2 is 1.85 bits per heavy atom. The first-order valence-electron chi connectivity index (χ1n) is 9.53. The van der Waals surface area contributed by atoms with E-state index in [1.54, 1.807) is 30.3 Å². The molecule has 1 heterocycles. The quantitative estimate of drug-likeness (QED) is 0.117. The highest BCUT2D eigenvalue weighted by molar-refractivity contribution is 6.32. The van der Waals surface area contributed by atoms with Gasteiger partial charge in [0.25, 0.3) is 5.69 Å². The molecule has 0 radical (unpaired) electrons. The summed E-state index contributed by atoms with van der Waals surface area (Å²) in [5.74, 6) is -0.284. The summed E-state index contributed by atoms with van der Waals surface area (Å²) >= 11 is 6.06. The third-order valence-electron chi connectivity index (χ3n) is 4.48. The zero-order valence-electron chi connectivity index (χ0n) is 16.8. The fourth-order valence-electron chi connectivity index (χ4n) is 2.93. The molecule has 0 atom stereocenters. The lowest BCUT2D eigenvalue weighted by Gasteiger charge is -2.07. The van der Waals surface area contributed by atoms with E-state index in [2.05, 4.69) is 0 Å². The van der Waals surface area contributed by atoms with Crippen LogP contribution in [0.15, 0.2) is 88.3 Å². The van der Waals surface area contributed by atoms with Crippen LogP contribution in [0, 0.1) is 10.1 Å². The number of esters is 1. The van der Waals surface area contributed by atoms with Gasteiger partial charge < -0.3 is 13.9 Å². The molecule has 0 amide bonds. The molecule has 8 nitrogen and oxygen atoms in total. The number of carbonyl (C=O) groups excluding carboxylic acids is 1. The van der Waals surface area contributed by atoms with Crippen molar-refractivity contribution in [2.75, 3.05) is 0 Å². The first-order valence-corrected chi connectivity index (χ1v) is 9.91. The van der Waals surface area contributed by atoms with Crippen molar-refractivity contribution in [1.29, 1.82) is 0 Å². The zero-order valence-corrected chi connectivity index (χ0v) is 17.5. The Morgan fingerprint density at radius 3 is 2.64 bits per heavy atom. The second kappa shape index (κ2) is 9.37. The molecule has 0 spiro atoms. The van der Waals surface area contributed by atoms with E-state index < -0.39 is 16.3 Å². The van der Waals surface area contributed by atoms with Gasteiger partial charge in [0.05, 0.1) is 15.3 Å². The third kappa shape index (κ3) is 5.08. The number of ether oxygens (including phenoxy) is 2. The van der Waals surface area contributed by atoms with Gasteiger partial charge in [-0.1, -0.05) is 35.9 Å². The summed E-state index contributed by atoms with van der Waals surface area (Å²) in [7, 11) is 0. The summed E-state index contributed by atoms with van der Waals surface area (Å²) in [6.07, 6.45) is 3.69. The Bertz CT molecular complexity index is 1460.